The van der Waals surface area contributed by atoms with E-state index in [1.165, 1.54) is 64.2 Å². The third-order valence-electron chi connectivity index (χ3n) is 10.7. The quantitative estimate of drug-likeness (QED) is 0.0148. The van der Waals surface area contributed by atoms with Crippen molar-refractivity contribution in [2.75, 3.05) is 13.2 Å². The summed E-state index contributed by atoms with van der Waals surface area (Å²) >= 11 is 0. The van der Waals surface area contributed by atoms with Gasteiger partial charge in [-0.1, -0.05) is 140 Å². The molecule has 0 saturated heterocycles. The van der Waals surface area contributed by atoms with Gasteiger partial charge in [-0.25, -0.2) is 4.57 Å². The summed E-state index contributed by atoms with van der Waals surface area (Å²) in [6, 6.07) is 0. The molecule has 0 heterocycles. The maximum Gasteiger partial charge on any atom is 0.472 e. The lowest BCUT2D eigenvalue weighted by Crippen LogP contribution is -2.64. The van der Waals surface area contributed by atoms with E-state index in [9.17, 15) is 44.6 Å². The number of ether oxygens (including phenoxy) is 2. The zero-order chi connectivity index (χ0) is 44.3. The molecule has 1 rings (SSSR count). The maximum atomic E-state index is 12.8. The summed E-state index contributed by atoms with van der Waals surface area (Å²) in [6.07, 6.45) is 27.7. The lowest BCUT2D eigenvalue weighted by Gasteiger charge is -2.41. The number of carbonyl (C=O) groups excluding carboxylic acids is 2. The molecule has 1 fully saturated rings. The SMILES string of the molecule is CCCCC/C=C\C/C=C\CCCCCCCC(=O)O[C@H](COC(=O)CCCCCCC/C=C\CCCCCCCCC)COP(=O)(O)OC1C(O)C(O)C(O)[C@@H](O)C1O. The van der Waals surface area contributed by atoms with Gasteiger partial charge in [-0.2, -0.15) is 0 Å². The van der Waals surface area contributed by atoms with E-state index in [-0.39, 0.29) is 12.8 Å². The van der Waals surface area contributed by atoms with E-state index in [0.29, 0.717) is 12.8 Å². The molecule has 0 spiro atoms. The second-order valence-corrected chi connectivity index (χ2v) is 17.7. The molecule has 6 N–H and O–H groups in total. The summed E-state index contributed by atoms with van der Waals surface area (Å²) in [5.74, 6) is -1.12. The number of carbonyl (C=O) groups is 2. The Bertz CT molecular complexity index is 1190. The van der Waals surface area contributed by atoms with E-state index < -0.39 is 75.7 Å². The topological polar surface area (TPSA) is 210 Å². The molecule has 1 aliphatic rings. The number of hydrogen-bond acceptors (Lipinski definition) is 12. The Labute approximate surface area is 361 Å². The van der Waals surface area contributed by atoms with Gasteiger partial charge in [0.05, 0.1) is 6.61 Å². The predicted molar refractivity (Wildman–Crippen MR) is 235 cm³/mol. The molecule has 0 aromatic rings. The first-order valence-corrected chi connectivity index (χ1v) is 24.8. The van der Waals surface area contributed by atoms with Crippen LogP contribution in [0.4, 0.5) is 0 Å². The molecule has 0 radical (unpaired) electrons. The van der Waals surface area contributed by atoms with Crippen LogP contribution in [0.5, 0.6) is 0 Å². The molecule has 1 saturated carbocycles. The summed E-state index contributed by atoms with van der Waals surface area (Å²) in [7, 11) is -5.12. The molecule has 0 amide bonds. The van der Waals surface area contributed by atoms with Crippen molar-refractivity contribution in [1.82, 2.24) is 0 Å². The smallest absolute Gasteiger partial charge is 0.462 e. The lowest BCUT2D eigenvalue weighted by molar-refractivity contribution is -0.220. The molecular formula is C46H83O13P. The van der Waals surface area contributed by atoms with Crippen LogP contribution in [0.3, 0.4) is 0 Å². The second kappa shape index (κ2) is 36.5. The van der Waals surface area contributed by atoms with Crippen molar-refractivity contribution in [2.45, 2.75) is 230 Å². The average molecular weight is 875 g/mol. The summed E-state index contributed by atoms with van der Waals surface area (Å²) in [5.41, 5.74) is 0. The molecule has 0 aromatic carbocycles. The minimum atomic E-state index is -5.12. The standard InChI is InChI=1S/C46H83O13P/c1-3-5-7-9-11-13-15-17-19-21-22-24-26-28-30-32-34-39(47)56-36-38(37-57-60(54,55)59-46-44(52)42(50)41(49)43(51)45(46)53)58-40(48)35-33-31-29-27-25-23-20-18-16-14-12-10-8-6-4-2/h12,14,18-21,38,41-46,49-53H,3-11,13,15-17,22-37H2,1-2H3,(H,54,55)/b14-12-,20-18-,21-19-/t38-,41?,42-,43?,44?,45?,46?/m1/s1. The number of phosphoric ester groups is 1. The summed E-state index contributed by atoms with van der Waals surface area (Å²) in [6.45, 7) is 3.25. The lowest BCUT2D eigenvalue weighted by atomic mass is 9.85. The number of aliphatic hydroxyl groups excluding tert-OH is 5. The van der Waals surface area contributed by atoms with E-state index in [1.54, 1.807) is 0 Å². The van der Waals surface area contributed by atoms with Gasteiger partial charge in [0.15, 0.2) is 6.10 Å². The van der Waals surface area contributed by atoms with Crippen molar-refractivity contribution in [1.29, 1.82) is 0 Å². The molecule has 350 valence electrons. The van der Waals surface area contributed by atoms with Crippen molar-refractivity contribution in [3.05, 3.63) is 36.5 Å². The number of hydrogen-bond donors (Lipinski definition) is 6. The van der Waals surface area contributed by atoms with Crippen molar-refractivity contribution in [2.24, 2.45) is 0 Å². The molecule has 0 aromatic heterocycles. The maximum absolute atomic E-state index is 12.8. The highest BCUT2D eigenvalue weighted by atomic mass is 31.2. The Hall–Kier alpha value is -1.93. The number of unbranched alkanes of at least 4 members (excludes halogenated alkanes) is 20. The van der Waals surface area contributed by atoms with Crippen molar-refractivity contribution >= 4 is 19.8 Å². The van der Waals surface area contributed by atoms with Crippen LogP contribution in [-0.2, 0) is 32.7 Å². The van der Waals surface area contributed by atoms with Crippen LogP contribution in [0, 0.1) is 0 Å². The molecular weight excluding hydrogens is 791 g/mol. The van der Waals surface area contributed by atoms with E-state index in [2.05, 4.69) is 50.3 Å². The average Bonchev–Trinajstić information content (AvgIpc) is 3.23. The van der Waals surface area contributed by atoms with Crippen LogP contribution in [0.2, 0.25) is 0 Å². The van der Waals surface area contributed by atoms with Crippen molar-refractivity contribution in [3.8, 4) is 0 Å². The van der Waals surface area contributed by atoms with Crippen LogP contribution in [0.15, 0.2) is 36.5 Å². The highest BCUT2D eigenvalue weighted by molar-refractivity contribution is 7.47. The molecule has 14 heteroatoms. The van der Waals surface area contributed by atoms with E-state index >= 15 is 0 Å². The fourth-order valence-corrected chi connectivity index (χ4v) is 7.87. The molecule has 0 aliphatic heterocycles. The molecule has 0 bridgehead atoms. The monoisotopic (exact) mass is 875 g/mol. The largest absolute Gasteiger partial charge is 0.472 e. The highest BCUT2D eigenvalue weighted by Gasteiger charge is 2.51. The van der Waals surface area contributed by atoms with Gasteiger partial charge < -0.3 is 39.9 Å². The third kappa shape index (κ3) is 28.6. The van der Waals surface area contributed by atoms with Crippen molar-refractivity contribution in [3.63, 3.8) is 0 Å². The number of rotatable bonds is 38. The molecule has 6 unspecified atom stereocenters. The second-order valence-electron chi connectivity index (χ2n) is 16.3. The Morgan fingerprint density at radius 1 is 0.517 bits per heavy atom. The number of esters is 2. The first kappa shape index (κ1) is 56.1. The predicted octanol–water partition coefficient (Wildman–Crippen LogP) is 9.00. The molecule has 13 nitrogen and oxygen atoms in total. The molecule has 1 aliphatic carbocycles. The minimum Gasteiger partial charge on any atom is -0.462 e. The fraction of sp³-hybridized carbons (Fsp3) is 0.826. The highest BCUT2D eigenvalue weighted by Crippen LogP contribution is 2.47. The first-order valence-electron chi connectivity index (χ1n) is 23.3. The van der Waals surface area contributed by atoms with Crippen LogP contribution >= 0.6 is 7.82 Å². The zero-order valence-corrected chi connectivity index (χ0v) is 37.9. The first-order chi connectivity index (χ1) is 28.9. The van der Waals surface area contributed by atoms with Gasteiger partial charge in [-0.15, -0.1) is 0 Å². The summed E-state index contributed by atoms with van der Waals surface area (Å²) in [4.78, 5) is 35.7. The van der Waals surface area contributed by atoms with Gasteiger partial charge in [0, 0.05) is 12.8 Å². The number of phosphoric acid groups is 1. The number of aliphatic hydroxyl groups is 5. The zero-order valence-electron chi connectivity index (χ0n) is 37.0. The van der Waals surface area contributed by atoms with Gasteiger partial charge in [-0.3, -0.25) is 18.6 Å². The van der Waals surface area contributed by atoms with Gasteiger partial charge in [0.25, 0.3) is 0 Å². The fourth-order valence-electron chi connectivity index (χ4n) is 6.90. The van der Waals surface area contributed by atoms with Crippen molar-refractivity contribution < 1.29 is 63.1 Å². The van der Waals surface area contributed by atoms with Crippen LogP contribution < -0.4 is 0 Å². The summed E-state index contributed by atoms with van der Waals surface area (Å²) < 4.78 is 33.5. The van der Waals surface area contributed by atoms with Crippen LogP contribution in [-0.4, -0.2) is 98.3 Å². The Kier molecular flexibility index (Phi) is 34.2. The Morgan fingerprint density at radius 3 is 1.40 bits per heavy atom. The van der Waals surface area contributed by atoms with Gasteiger partial charge >= 0.3 is 19.8 Å². The van der Waals surface area contributed by atoms with Gasteiger partial charge in [0.2, 0.25) is 0 Å². The molecule has 8 atom stereocenters. The van der Waals surface area contributed by atoms with E-state index in [4.69, 9.17) is 18.5 Å². The Balaban J connectivity index is 2.47. The normalized spacial score (nSPS) is 22.5. The van der Waals surface area contributed by atoms with E-state index in [0.717, 1.165) is 83.5 Å². The van der Waals surface area contributed by atoms with Crippen LogP contribution in [0.1, 0.15) is 187 Å². The minimum absolute atomic E-state index is 0.0791. The summed E-state index contributed by atoms with van der Waals surface area (Å²) in [5, 5.41) is 50.1. The van der Waals surface area contributed by atoms with Crippen LogP contribution in [0.25, 0.3) is 0 Å². The third-order valence-corrected chi connectivity index (χ3v) is 11.7. The van der Waals surface area contributed by atoms with E-state index in [1.807, 2.05) is 0 Å². The Morgan fingerprint density at radius 2 is 0.900 bits per heavy atom. The van der Waals surface area contributed by atoms with Gasteiger partial charge in [-0.05, 0) is 70.6 Å². The molecule has 60 heavy (non-hydrogen) atoms. The van der Waals surface area contributed by atoms with Gasteiger partial charge in [0.1, 0.15) is 43.2 Å². The number of allylic oxidation sites excluding steroid dienone is 6.